The molecule has 0 unspecified atom stereocenters. The largest absolute Gasteiger partial charge is 0.266 e. The molecule has 0 aromatic heterocycles. The van der Waals surface area contributed by atoms with Crippen molar-refractivity contribution in [1.82, 2.24) is 4.31 Å². The summed E-state index contributed by atoms with van der Waals surface area (Å²) in [5.41, 5.74) is 1.06. The van der Waals surface area contributed by atoms with Crippen LogP contribution in [0.5, 0.6) is 0 Å². The van der Waals surface area contributed by atoms with Crippen LogP contribution < -0.4 is 0 Å². The van der Waals surface area contributed by atoms with Gasteiger partial charge in [0.2, 0.25) is 0 Å². The third-order valence-electron chi connectivity index (χ3n) is 4.24. The van der Waals surface area contributed by atoms with Crippen molar-refractivity contribution >= 4 is 15.9 Å². The van der Waals surface area contributed by atoms with Crippen LogP contribution in [0.25, 0.3) is 0 Å². The molecule has 0 amide bonds. The first-order valence-corrected chi connectivity index (χ1v) is 8.59. The van der Waals surface area contributed by atoms with Crippen LogP contribution >= 0.6 is 0 Å². The summed E-state index contributed by atoms with van der Waals surface area (Å²) in [6, 6.07) is 7.24. The van der Waals surface area contributed by atoms with Crippen molar-refractivity contribution in [3.05, 3.63) is 29.8 Å². The Kier molecular flexibility index (Phi) is 3.32. The summed E-state index contributed by atoms with van der Waals surface area (Å²) in [6.45, 7) is 3.76. The van der Waals surface area contributed by atoms with Crippen LogP contribution in [-0.2, 0) is 10.0 Å². The predicted molar refractivity (Wildman–Crippen MR) is 79.4 cm³/mol. The molecule has 1 heterocycles. The van der Waals surface area contributed by atoms with Gasteiger partial charge in [0.1, 0.15) is 5.84 Å². The van der Waals surface area contributed by atoms with E-state index in [9.17, 15) is 8.42 Å². The molecule has 0 bridgehead atoms. The summed E-state index contributed by atoms with van der Waals surface area (Å²) in [5.74, 6) is 0.641. The zero-order valence-electron chi connectivity index (χ0n) is 11.9. The SMILES string of the molecule is CC1=N[C@@H]2CCCC[C@H]2N1S(=O)(=O)c1ccc(C)cc1. The third kappa shape index (κ3) is 2.14. The van der Waals surface area contributed by atoms with Gasteiger partial charge in [0, 0.05) is 0 Å². The van der Waals surface area contributed by atoms with Gasteiger partial charge in [-0.05, 0) is 38.8 Å². The third-order valence-corrected chi connectivity index (χ3v) is 6.17. The maximum absolute atomic E-state index is 12.9. The second-order valence-corrected chi connectivity index (χ2v) is 7.52. The van der Waals surface area contributed by atoms with Crippen molar-refractivity contribution in [2.45, 2.75) is 56.5 Å². The number of nitrogens with zero attached hydrogens (tertiary/aromatic N) is 2. The fourth-order valence-electron chi connectivity index (χ4n) is 3.23. The van der Waals surface area contributed by atoms with Crippen LogP contribution in [-0.4, -0.2) is 30.6 Å². The van der Waals surface area contributed by atoms with E-state index in [1.54, 1.807) is 16.4 Å². The maximum Gasteiger partial charge on any atom is 0.265 e. The maximum atomic E-state index is 12.9. The Hall–Kier alpha value is -1.36. The number of hydrogen-bond donors (Lipinski definition) is 0. The number of amidine groups is 1. The van der Waals surface area contributed by atoms with Crippen LogP contribution in [0, 0.1) is 6.92 Å². The molecule has 4 nitrogen and oxygen atoms in total. The van der Waals surface area contributed by atoms with Crippen LogP contribution in [0.15, 0.2) is 34.2 Å². The molecule has 1 fully saturated rings. The first-order valence-electron chi connectivity index (χ1n) is 7.15. The van der Waals surface area contributed by atoms with Crippen LogP contribution in [0.4, 0.5) is 0 Å². The van der Waals surface area contributed by atoms with Gasteiger partial charge < -0.3 is 0 Å². The highest BCUT2D eigenvalue weighted by molar-refractivity contribution is 7.89. The normalized spacial score (nSPS) is 26.3. The molecule has 0 N–H and O–H groups in total. The molecule has 2 aliphatic rings. The van der Waals surface area contributed by atoms with E-state index in [0.29, 0.717) is 10.7 Å². The molecule has 5 heteroatoms. The quantitative estimate of drug-likeness (QED) is 0.841. The minimum absolute atomic E-state index is 0.0232. The van der Waals surface area contributed by atoms with E-state index in [4.69, 9.17) is 0 Å². The molecule has 0 saturated heterocycles. The highest BCUT2D eigenvalue weighted by Gasteiger charge is 2.42. The molecule has 108 valence electrons. The average molecular weight is 292 g/mol. The lowest BCUT2D eigenvalue weighted by Gasteiger charge is -2.31. The molecule has 1 aliphatic heterocycles. The number of rotatable bonds is 2. The van der Waals surface area contributed by atoms with E-state index in [-0.39, 0.29) is 12.1 Å². The molecule has 2 atom stereocenters. The highest BCUT2D eigenvalue weighted by Crippen LogP contribution is 2.34. The monoisotopic (exact) mass is 292 g/mol. The Morgan fingerprint density at radius 1 is 1.10 bits per heavy atom. The van der Waals surface area contributed by atoms with Crippen LogP contribution in [0.2, 0.25) is 0 Å². The number of fused-ring (bicyclic) bond motifs is 1. The lowest BCUT2D eigenvalue weighted by Crippen LogP contribution is -2.44. The van der Waals surface area contributed by atoms with Gasteiger partial charge in [-0.3, -0.25) is 4.99 Å². The Morgan fingerprint density at radius 2 is 1.75 bits per heavy atom. The minimum atomic E-state index is -3.47. The summed E-state index contributed by atoms with van der Waals surface area (Å²) in [7, 11) is -3.47. The lowest BCUT2D eigenvalue weighted by molar-refractivity contribution is 0.315. The van der Waals surface area contributed by atoms with Gasteiger partial charge in [0.25, 0.3) is 10.0 Å². The Bertz CT molecular complexity index is 634. The standard InChI is InChI=1S/C15H20N2O2S/c1-11-7-9-13(10-8-11)20(18,19)17-12(2)16-14-5-3-4-6-15(14)17/h7-10,14-15H,3-6H2,1-2H3/t14-,15-/m1/s1. The van der Waals surface area contributed by atoms with Gasteiger partial charge in [-0.2, -0.15) is 0 Å². The molecule has 20 heavy (non-hydrogen) atoms. The molecule has 0 spiro atoms. The second kappa shape index (κ2) is 4.88. The number of sulfonamides is 1. The Balaban J connectivity index is 1.98. The molecule has 0 radical (unpaired) electrons. The van der Waals surface area contributed by atoms with Gasteiger partial charge in [0.05, 0.1) is 17.0 Å². The highest BCUT2D eigenvalue weighted by atomic mass is 32.2. The summed E-state index contributed by atoms with van der Waals surface area (Å²) in [4.78, 5) is 4.93. The fraction of sp³-hybridized carbons (Fsp3) is 0.533. The lowest BCUT2D eigenvalue weighted by atomic mass is 9.92. The molecular formula is C15H20N2O2S. The van der Waals surface area contributed by atoms with Gasteiger partial charge in [-0.25, -0.2) is 12.7 Å². The van der Waals surface area contributed by atoms with Crippen molar-refractivity contribution in [1.29, 1.82) is 0 Å². The molecule has 1 aromatic carbocycles. The first kappa shape index (κ1) is 13.6. The van der Waals surface area contributed by atoms with Crippen LogP contribution in [0.3, 0.4) is 0 Å². The van der Waals surface area contributed by atoms with Crippen molar-refractivity contribution in [2.24, 2.45) is 4.99 Å². The molecule has 3 rings (SSSR count). The van der Waals surface area contributed by atoms with E-state index in [2.05, 4.69) is 4.99 Å². The van der Waals surface area contributed by atoms with Crippen molar-refractivity contribution in [3.8, 4) is 0 Å². The molecule has 1 saturated carbocycles. The van der Waals surface area contributed by atoms with Crippen molar-refractivity contribution < 1.29 is 8.42 Å². The van der Waals surface area contributed by atoms with Gasteiger partial charge >= 0.3 is 0 Å². The van der Waals surface area contributed by atoms with E-state index < -0.39 is 10.0 Å². The van der Waals surface area contributed by atoms with E-state index in [1.807, 2.05) is 26.0 Å². The van der Waals surface area contributed by atoms with E-state index in [1.165, 1.54) is 0 Å². The summed E-state index contributed by atoms with van der Waals surface area (Å²) < 4.78 is 27.3. The summed E-state index contributed by atoms with van der Waals surface area (Å²) in [6.07, 6.45) is 4.15. The van der Waals surface area contributed by atoms with E-state index >= 15 is 0 Å². The van der Waals surface area contributed by atoms with Crippen LogP contribution in [0.1, 0.15) is 38.2 Å². The molecule has 1 aromatic rings. The predicted octanol–water partition coefficient (Wildman–Crippen LogP) is 2.73. The minimum Gasteiger partial charge on any atom is -0.266 e. The molecular weight excluding hydrogens is 272 g/mol. The van der Waals surface area contributed by atoms with Gasteiger partial charge in [0.15, 0.2) is 0 Å². The Labute approximate surface area is 120 Å². The fourth-order valence-corrected chi connectivity index (χ4v) is 4.93. The number of benzene rings is 1. The van der Waals surface area contributed by atoms with Gasteiger partial charge in [-0.1, -0.05) is 30.5 Å². The van der Waals surface area contributed by atoms with Crippen molar-refractivity contribution in [3.63, 3.8) is 0 Å². The number of hydrogen-bond acceptors (Lipinski definition) is 3. The smallest absolute Gasteiger partial charge is 0.265 e. The topological polar surface area (TPSA) is 49.7 Å². The van der Waals surface area contributed by atoms with E-state index in [0.717, 1.165) is 31.2 Å². The zero-order valence-corrected chi connectivity index (χ0v) is 12.7. The molecule has 1 aliphatic carbocycles. The zero-order chi connectivity index (χ0) is 14.3. The average Bonchev–Trinajstić information content (AvgIpc) is 2.75. The van der Waals surface area contributed by atoms with Gasteiger partial charge in [-0.15, -0.1) is 0 Å². The Morgan fingerprint density at radius 3 is 2.45 bits per heavy atom. The summed E-state index contributed by atoms with van der Waals surface area (Å²) in [5, 5.41) is 0. The van der Waals surface area contributed by atoms with Crippen molar-refractivity contribution in [2.75, 3.05) is 0 Å². The second-order valence-electron chi connectivity index (χ2n) is 5.71. The first-order chi connectivity index (χ1) is 9.50. The summed E-state index contributed by atoms with van der Waals surface area (Å²) >= 11 is 0. The number of aryl methyl sites for hydroxylation is 1. The number of aliphatic imine (C=N–C) groups is 1.